The zero-order valence-electron chi connectivity index (χ0n) is 23.1. The Labute approximate surface area is 240 Å². The molecule has 1 N–H and O–H groups in total. The van der Waals surface area contributed by atoms with E-state index in [9.17, 15) is 14.4 Å². The van der Waals surface area contributed by atoms with E-state index in [1.165, 1.54) is 28.6 Å². The molecular weight excluding hydrogens is 557 g/mol. The van der Waals surface area contributed by atoms with Crippen LogP contribution in [0, 0.1) is 12.8 Å². The molecule has 1 atom stereocenters. The van der Waals surface area contributed by atoms with Crippen molar-refractivity contribution in [2.75, 3.05) is 24.3 Å². The smallest absolute Gasteiger partial charge is 0.348 e. The number of thioether (sulfide) groups is 1. The number of hydrogen-bond donors (Lipinski definition) is 1. The number of rotatable bonds is 10. The SMILES string of the molecule is CCOC(=O)c1sc(NC(=O)CSc2nnc(-c3csc4c3CCC(C)C4)n2C(C)C)c(C(=O)OCC)c1C. The number of aromatic nitrogens is 3. The standard InChI is InChI=1S/C27H34N4O5S3/c1-7-35-25(33)21-16(6)22(26(34)36-8-2)39-24(21)28-20(32)13-38-27-30-29-23(31(27)14(3)4)18-12-37-19-11-15(5)9-10-17(18)19/h12,14-15H,7-11,13H2,1-6H3,(H,28,32). The molecule has 1 aliphatic carbocycles. The minimum atomic E-state index is -0.595. The summed E-state index contributed by atoms with van der Waals surface area (Å²) in [5.74, 6) is 0.117. The van der Waals surface area contributed by atoms with Crippen molar-refractivity contribution in [2.24, 2.45) is 5.92 Å². The molecule has 1 amide bonds. The second kappa shape index (κ2) is 12.6. The van der Waals surface area contributed by atoms with Crippen LogP contribution >= 0.6 is 34.4 Å². The fraction of sp³-hybridized carbons (Fsp3) is 0.519. The summed E-state index contributed by atoms with van der Waals surface area (Å²) in [4.78, 5) is 39.8. The van der Waals surface area contributed by atoms with Crippen LogP contribution in [-0.4, -0.2) is 51.6 Å². The van der Waals surface area contributed by atoms with E-state index >= 15 is 0 Å². The van der Waals surface area contributed by atoms with Crippen molar-refractivity contribution in [3.8, 4) is 11.4 Å². The van der Waals surface area contributed by atoms with E-state index in [1.807, 2.05) is 0 Å². The summed E-state index contributed by atoms with van der Waals surface area (Å²) in [5.41, 5.74) is 3.11. The molecule has 0 radical (unpaired) electrons. The molecule has 210 valence electrons. The number of thiophene rings is 2. The quantitative estimate of drug-likeness (QED) is 0.221. The van der Waals surface area contributed by atoms with Crippen molar-refractivity contribution in [2.45, 2.75) is 72.0 Å². The molecule has 0 fully saturated rings. The van der Waals surface area contributed by atoms with Gasteiger partial charge in [-0.1, -0.05) is 18.7 Å². The van der Waals surface area contributed by atoms with Gasteiger partial charge in [0.05, 0.1) is 24.5 Å². The van der Waals surface area contributed by atoms with E-state index in [0.29, 0.717) is 16.6 Å². The molecule has 4 rings (SSSR count). The van der Waals surface area contributed by atoms with Crippen LogP contribution in [0.15, 0.2) is 10.5 Å². The maximum atomic E-state index is 13.0. The first-order chi connectivity index (χ1) is 18.7. The van der Waals surface area contributed by atoms with Gasteiger partial charge < -0.3 is 14.8 Å². The van der Waals surface area contributed by atoms with Crippen molar-refractivity contribution in [1.29, 1.82) is 0 Å². The molecule has 39 heavy (non-hydrogen) atoms. The van der Waals surface area contributed by atoms with Gasteiger partial charge in [0.2, 0.25) is 5.91 Å². The first-order valence-corrected chi connectivity index (χ1v) is 15.8. The third-order valence-corrected chi connectivity index (χ3v) is 9.68. The predicted octanol–water partition coefficient (Wildman–Crippen LogP) is 6.17. The number of carbonyl (C=O) groups is 3. The van der Waals surface area contributed by atoms with Gasteiger partial charge in [-0.25, -0.2) is 9.59 Å². The van der Waals surface area contributed by atoms with Gasteiger partial charge in [0.15, 0.2) is 11.0 Å². The number of hydrogen-bond acceptors (Lipinski definition) is 10. The zero-order valence-corrected chi connectivity index (χ0v) is 25.5. The Morgan fingerprint density at radius 3 is 2.59 bits per heavy atom. The van der Waals surface area contributed by atoms with Gasteiger partial charge >= 0.3 is 11.9 Å². The third-order valence-electron chi connectivity index (χ3n) is 6.50. The number of nitrogens with one attached hydrogen (secondary N) is 1. The molecule has 3 aromatic heterocycles. The van der Waals surface area contributed by atoms with Crippen molar-refractivity contribution in [1.82, 2.24) is 14.8 Å². The molecule has 9 nitrogen and oxygen atoms in total. The predicted molar refractivity (Wildman–Crippen MR) is 155 cm³/mol. The van der Waals surface area contributed by atoms with Gasteiger partial charge in [0, 0.05) is 21.9 Å². The van der Waals surface area contributed by atoms with Gasteiger partial charge in [-0.3, -0.25) is 9.36 Å². The number of carbonyl (C=O) groups excluding carboxylic acids is 3. The fourth-order valence-corrected chi connectivity index (χ4v) is 7.84. The summed E-state index contributed by atoms with van der Waals surface area (Å²) in [5, 5.41) is 14.9. The molecule has 0 spiro atoms. The van der Waals surface area contributed by atoms with Crippen LogP contribution in [0.25, 0.3) is 11.4 Å². The first-order valence-electron chi connectivity index (χ1n) is 13.1. The number of ether oxygens (including phenoxy) is 2. The van der Waals surface area contributed by atoms with E-state index in [4.69, 9.17) is 9.47 Å². The van der Waals surface area contributed by atoms with Crippen LogP contribution in [0.5, 0.6) is 0 Å². The average molecular weight is 591 g/mol. The average Bonchev–Trinajstić information content (AvgIpc) is 3.57. The first kappa shape index (κ1) is 29.3. The molecule has 0 saturated carbocycles. The second-order valence-corrected chi connectivity index (χ2v) is 12.6. The van der Waals surface area contributed by atoms with Crippen molar-refractivity contribution < 1.29 is 23.9 Å². The Kier molecular flexibility index (Phi) is 9.50. The number of nitrogens with zero attached hydrogens (tertiary/aromatic N) is 3. The van der Waals surface area contributed by atoms with E-state index in [0.717, 1.165) is 35.6 Å². The summed E-state index contributed by atoms with van der Waals surface area (Å²) in [6, 6.07) is 0.0983. The highest BCUT2D eigenvalue weighted by atomic mass is 32.2. The number of fused-ring (bicyclic) bond motifs is 1. The summed E-state index contributed by atoms with van der Waals surface area (Å²) < 4.78 is 12.4. The van der Waals surface area contributed by atoms with Crippen LogP contribution in [0.3, 0.4) is 0 Å². The van der Waals surface area contributed by atoms with Gasteiger partial charge in [-0.05, 0) is 70.9 Å². The Hall–Kier alpha value is -2.70. The molecule has 12 heteroatoms. The highest BCUT2D eigenvalue weighted by Crippen LogP contribution is 2.39. The van der Waals surface area contributed by atoms with Gasteiger partial charge in [-0.15, -0.1) is 32.9 Å². The summed E-state index contributed by atoms with van der Waals surface area (Å²) >= 11 is 4.09. The molecule has 3 heterocycles. The monoisotopic (exact) mass is 590 g/mol. The molecule has 1 unspecified atom stereocenters. The molecule has 0 bridgehead atoms. The van der Waals surface area contributed by atoms with Crippen LogP contribution in [0.1, 0.15) is 83.1 Å². The fourth-order valence-electron chi connectivity index (χ4n) is 4.62. The Morgan fingerprint density at radius 1 is 1.18 bits per heavy atom. The lowest BCUT2D eigenvalue weighted by atomic mass is 9.88. The highest BCUT2D eigenvalue weighted by molar-refractivity contribution is 7.99. The normalized spacial score (nSPS) is 14.8. The highest BCUT2D eigenvalue weighted by Gasteiger charge is 2.28. The van der Waals surface area contributed by atoms with Crippen molar-refractivity contribution in [3.63, 3.8) is 0 Å². The number of esters is 2. The summed E-state index contributed by atoms with van der Waals surface area (Å²) in [6.45, 7) is 11.9. The van der Waals surface area contributed by atoms with Gasteiger partial charge in [0.25, 0.3) is 0 Å². The Balaban J connectivity index is 1.53. The maximum Gasteiger partial charge on any atom is 0.348 e. The van der Waals surface area contributed by atoms with E-state index in [2.05, 4.69) is 46.2 Å². The third kappa shape index (κ3) is 6.22. The van der Waals surface area contributed by atoms with Gasteiger partial charge in [0.1, 0.15) is 9.88 Å². The van der Waals surface area contributed by atoms with E-state index < -0.39 is 11.9 Å². The largest absolute Gasteiger partial charge is 0.462 e. The van der Waals surface area contributed by atoms with Crippen LogP contribution in [-0.2, 0) is 27.1 Å². The number of anilines is 1. The molecule has 3 aromatic rings. The van der Waals surface area contributed by atoms with Crippen molar-refractivity contribution in [3.05, 3.63) is 31.8 Å². The molecule has 0 saturated heterocycles. The van der Waals surface area contributed by atoms with Crippen molar-refractivity contribution >= 4 is 57.3 Å². The molecule has 0 aromatic carbocycles. The lowest BCUT2D eigenvalue weighted by Crippen LogP contribution is -2.17. The van der Waals surface area contributed by atoms with Crippen LogP contribution in [0.2, 0.25) is 0 Å². The molecular formula is C27H34N4O5S3. The Morgan fingerprint density at radius 2 is 1.90 bits per heavy atom. The minimum Gasteiger partial charge on any atom is -0.462 e. The lowest BCUT2D eigenvalue weighted by Gasteiger charge is -2.19. The van der Waals surface area contributed by atoms with Crippen LogP contribution < -0.4 is 5.32 Å². The summed E-state index contributed by atoms with van der Waals surface area (Å²) in [7, 11) is 0. The zero-order chi connectivity index (χ0) is 28.3. The van der Waals surface area contributed by atoms with E-state index in [-0.39, 0.29) is 46.4 Å². The van der Waals surface area contributed by atoms with E-state index in [1.54, 1.807) is 32.1 Å². The Bertz CT molecular complexity index is 1370. The second-order valence-electron chi connectivity index (χ2n) is 9.71. The molecule has 0 aliphatic heterocycles. The minimum absolute atomic E-state index is 0.0536. The van der Waals surface area contributed by atoms with Gasteiger partial charge in [-0.2, -0.15) is 0 Å². The maximum absolute atomic E-state index is 13.0. The molecule has 1 aliphatic rings. The topological polar surface area (TPSA) is 112 Å². The lowest BCUT2D eigenvalue weighted by molar-refractivity contribution is -0.113. The number of amides is 1. The summed E-state index contributed by atoms with van der Waals surface area (Å²) in [6.07, 6.45) is 3.32. The van der Waals surface area contributed by atoms with Crippen LogP contribution in [0.4, 0.5) is 5.00 Å².